The number of carbonyl (C=O) groups is 2. The van der Waals surface area contributed by atoms with E-state index in [9.17, 15) is 9.59 Å². The minimum Gasteiger partial charge on any atom is -0.312 e. The Morgan fingerprint density at radius 2 is 1.87 bits per heavy atom. The SMILES string of the molecule is Cc1cc(C)cc(N2CC(c3nnc(NC(=O)Cc4ccc(Cl)cc4)s3)CC2=O)c1. The van der Waals surface area contributed by atoms with Gasteiger partial charge < -0.3 is 10.2 Å². The minimum atomic E-state index is -0.167. The molecule has 1 aromatic heterocycles. The number of halogens is 1. The summed E-state index contributed by atoms with van der Waals surface area (Å²) in [7, 11) is 0. The Hall–Kier alpha value is -2.77. The third-order valence-corrected chi connectivity index (χ3v) is 6.21. The van der Waals surface area contributed by atoms with E-state index in [4.69, 9.17) is 11.6 Å². The lowest BCUT2D eigenvalue weighted by Crippen LogP contribution is -2.24. The number of nitrogens with zero attached hydrogens (tertiary/aromatic N) is 3. The van der Waals surface area contributed by atoms with Crippen molar-refractivity contribution in [3.8, 4) is 0 Å². The van der Waals surface area contributed by atoms with Gasteiger partial charge in [-0.3, -0.25) is 9.59 Å². The maximum Gasteiger partial charge on any atom is 0.230 e. The Labute approximate surface area is 183 Å². The van der Waals surface area contributed by atoms with Crippen LogP contribution >= 0.6 is 22.9 Å². The van der Waals surface area contributed by atoms with Crippen molar-refractivity contribution in [1.82, 2.24) is 10.2 Å². The molecule has 1 fully saturated rings. The number of anilines is 2. The van der Waals surface area contributed by atoms with Crippen molar-refractivity contribution in [3.63, 3.8) is 0 Å². The van der Waals surface area contributed by atoms with E-state index in [1.807, 2.05) is 43.0 Å². The van der Waals surface area contributed by atoms with Gasteiger partial charge in [-0.2, -0.15) is 0 Å². The van der Waals surface area contributed by atoms with Gasteiger partial charge in [-0.25, -0.2) is 0 Å². The van der Waals surface area contributed by atoms with Crippen LogP contribution in [0.15, 0.2) is 42.5 Å². The predicted octanol–water partition coefficient (Wildman–Crippen LogP) is 4.51. The highest BCUT2D eigenvalue weighted by Gasteiger charge is 2.34. The lowest BCUT2D eigenvalue weighted by molar-refractivity contribution is -0.117. The maximum absolute atomic E-state index is 12.6. The first-order chi connectivity index (χ1) is 14.4. The van der Waals surface area contributed by atoms with E-state index in [2.05, 4.69) is 21.6 Å². The molecule has 1 aliphatic rings. The van der Waals surface area contributed by atoms with Crippen molar-refractivity contribution < 1.29 is 9.59 Å². The fourth-order valence-electron chi connectivity index (χ4n) is 3.63. The van der Waals surface area contributed by atoms with Crippen molar-refractivity contribution in [3.05, 3.63) is 69.2 Å². The molecule has 0 aliphatic carbocycles. The molecule has 3 aromatic rings. The highest BCUT2D eigenvalue weighted by Crippen LogP contribution is 2.34. The number of nitrogens with one attached hydrogen (secondary N) is 1. The molecule has 0 radical (unpaired) electrons. The monoisotopic (exact) mass is 440 g/mol. The highest BCUT2D eigenvalue weighted by atomic mass is 35.5. The van der Waals surface area contributed by atoms with E-state index >= 15 is 0 Å². The summed E-state index contributed by atoms with van der Waals surface area (Å²) in [6.07, 6.45) is 0.620. The van der Waals surface area contributed by atoms with Crippen molar-refractivity contribution in [2.24, 2.45) is 0 Å². The lowest BCUT2D eigenvalue weighted by atomic mass is 10.1. The standard InChI is InChI=1S/C22H21ClN4O2S/c1-13-7-14(2)9-18(8-13)27-12-16(11-20(27)29)21-25-26-22(30-21)24-19(28)10-15-3-5-17(23)6-4-15/h3-9,16H,10-12H2,1-2H3,(H,24,26,28). The molecule has 154 valence electrons. The fraction of sp³-hybridized carbons (Fsp3) is 0.273. The molecule has 30 heavy (non-hydrogen) atoms. The molecule has 0 spiro atoms. The number of amides is 2. The third-order valence-electron chi connectivity index (χ3n) is 4.96. The van der Waals surface area contributed by atoms with E-state index < -0.39 is 0 Å². The van der Waals surface area contributed by atoms with E-state index in [-0.39, 0.29) is 24.2 Å². The van der Waals surface area contributed by atoms with Crippen LogP contribution in [-0.4, -0.2) is 28.6 Å². The molecule has 6 nitrogen and oxygen atoms in total. The Morgan fingerprint density at radius 1 is 1.17 bits per heavy atom. The summed E-state index contributed by atoms with van der Waals surface area (Å²) in [5.41, 5.74) is 4.04. The summed E-state index contributed by atoms with van der Waals surface area (Å²) in [6, 6.07) is 13.3. The van der Waals surface area contributed by atoms with Crippen LogP contribution < -0.4 is 10.2 Å². The van der Waals surface area contributed by atoms with Gasteiger partial charge in [0.1, 0.15) is 5.01 Å². The number of hydrogen-bond acceptors (Lipinski definition) is 5. The number of rotatable bonds is 5. The number of aromatic nitrogens is 2. The average molecular weight is 441 g/mol. The zero-order valence-corrected chi connectivity index (χ0v) is 18.3. The quantitative estimate of drug-likeness (QED) is 0.633. The van der Waals surface area contributed by atoms with Crippen LogP contribution in [0.5, 0.6) is 0 Å². The van der Waals surface area contributed by atoms with Gasteiger partial charge in [-0.05, 0) is 54.8 Å². The molecule has 2 aromatic carbocycles. The van der Waals surface area contributed by atoms with Crippen LogP contribution in [-0.2, 0) is 16.0 Å². The smallest absolute Gasteiger partial charge is 0.230 e. The van der Waals surface area contributed by atoms with Crippen LogP contribution in [0.2, 0.25) is 5.02 Å². The molecule has 1 aliphatic heterocycles. The molecular formula is C22H21ClN4O2S. The van der Waals surface area contributed by atoms with Crippen LogP contribution in [0.25, 0.3) is 0 Å². The van der Waals surface area contributed by atoms with E-state index in [1.54, 1.807) is 12.1 Å². The van der Waals surface area contributed by atoms with Crippen molar-refractivity contribution in [1.29, 1.82) is 0 Å². The van der Waals surface area contributed by atoms with Crippen LogP contribution in [0.1, 0.15) is 34.0 Å². The Kier molecular flexibility index (Phi) is 5.83. The summed E-state index contributed by atoms with van der Waals surface area (Å²) in [4.78, 5) is 26.7. The van der Waals surface area contributed by atoms with Crippen molar-refractivity contribution in [2.45, 2.75) is 32.6 Å². The molecule has 2 heterocycles. The number of carbonyl (C=O) groups excluding carboxylic acids is 2. The number of benzene rings is 2. The topological polar surface area (TPSA) is 75.2 Å². The fourth-order valence-corrected chi connectivity index (χ4v) is 4.61. The van der Waals surface area contributed by atoms with Crippen molar-refractivity contribution in [2.75, 3.05) is 16.8 Å². The maximum atomic E-state index is 12.6. The lowest BCUT2D eigenvalue weighted by Gasteiger charge is -2.17. The zero-order chi connectivity index (χ0) is 21.3. The van der Waals surface area contributed by atoms with Gasteiger partial charge in [-0.15, -0.1) is 10.2 Å². The van der Waals surface area contributed by atoms with Crippen molar-refractivity contribution >= 4 is 45.6 Å². The molecule has 1 unspecified atom stereocenters. The molecule has 4 rings (SSSR count). The Bertz CT molecular complexity index is 1080. The first-order valence-corrected chi connectivity index (χ1v) is 10.8. The van der Waals surface area contributed by atoms with Gasteiger partial charge in [0.2, 0.25) is 16.9 Å². The molecule has 1 N–H and O–H groups in total. The zero-order valence-electron chi connectivity index (χ0n) is 16.7. The first-order valence-electron chi connectivity index (χ1n) is 9.64. The van der Waals surface area contributed by atoms with Gasteiger partial charge >= 0.3 is 0 Å². The molecule has 1 atom stereocenters. The summed E-state index contributed by atoms with van der Waals surface area (Å²) in [5.74, 6) is -0.120. The minimum absolute atomic E-state index is 0.0299. The van der Waals surface area contributed by atoms with Gasteiger partial charge in [0.25, 0.3) is 0 Å². The Morgan fingerprint density at radius 3 is 2.57 bits per heavy atom. The first kappa shape index (κ1) is 20.5. The van der Waals surface area contributed by atoms with Gasteiger partial charge in [0.15, 0.2) is 0 Å². The van der Waals surface area contributed by atoms with Gasteiger partial charge in [0, 0.05) is 29.6 Å². The largest absolute Gasteiger partial charge is 0.312 e. The average Bonchev–Trinajstić information content (AvgIpc) is 3.29. The second-order valence-electron chi connectivity index (χ2n) is 7.55. The van der Waals surface area contributed by atoms with Crippen LogP contribution in [0.4, 0.5) is 10.8 Å². The third kappa shape index (κ3) is 4.68. The number of hydrogen-bond donors (Lipinski definition) is 1. The molecule has 0 saturated carbocycles. The normalized spacial score (nSPS) is 16.2. The van der Waals surface area contributed by atoms with Crippen LogP contribution in [0, 0.1) is 13.8 Å². The molecule has 1 saturated heterocycles. The van der Waals surface area contributed by atoms with E-state index in [0.29, 0.717) is 23.1 Å². The second-order valence-corrected chi connectivity index (χ2v) is 8.99. The molecule has 8 heteroatoms. The molecule has 2 amide bonds. The predicted molar refractivity (Wildman–Crippen MR) is 119 cm³/mol. The number of aryl methyl sites for hydroxylation is 2. The van der Waals surface area contributed by atoms with Gasteiger partial charge in [-0.1, -0.05) is 41.1 Å². The molecule has 0 bridgehead atoms. The summed E-state index contributed by atoms with van der Waals surface area (Å²) < 4.78 is 0. The molecular weight excluding hydrogens is 420 g/mol. The van der Waals surface area contributed by atoms with Gasteiger partial charge in [0.05, 0.1) is 6.42 Å². The highest BCUT2D eigenvalue weighted by molar-refractivity contribution is 7.15. The van der Waals surface area contributed by atoms with E-state index in [0.717, 1.165) is 27.4 Å². The summed E-state index contributed by atoms with van der Waals surface area (Å²) >= 11 is 7.20. The van der Waals surface area contributed by atoms with Crippen LogP contribution in [0.3, 0.4) is 0 Å². The van der Waals surface area contributed by atoms with E-state index in [1.165, 1.54) is 11.3 Å². The summed E-state index contributed by atoms with van der Waals surface area (Å²) in [6.45, 7) is 4.62. The Balaban J connectivity index is 1.40. The second kappa shape index (κ2) is 8.53. The summed E-state index contributed by atoms with van der Waals surface area (Å²) in [5, 5.41) is 13.0.